The molecular weight excluding hydrogens is 327 g/mol. The van der Waals surface area contributed by atoms with Crippen molar-refractivity contribution in [2.24, 2.45) is 11.3 Å². The van der Waals surface area contributed by atoms with Crippen LogP contribution in [0.25, 0.3) is 5.57 Å². The lowest BCUT2D eigenvalue weighted by molar-refractivity contribution is -0.112. The molecule has 1 aliphatic carbocycles. The highest BCUT2D eigenvalue weighted by Gasteiger charge is 2.47. The average molecular weight is 351 g/mol. The molecule has 0 radical (unpaired) electrons. The molecule has 0 saturated carbocycles. The molecule has 23 heavy (non-hydrogen) atoms. The van der Waals surface area contributed by atoms with Gasteiger partial charge in [-0.25, -0.2) is 4.39 Å². The number of hydrogen-bond acceptors (Lipinski definition) is 3. The van der Waals surface area contributed by atoms with E-state index in [1.54, 1.807) is 6.92 Å². The molecule has 1 atom stereocenters. The fraction of sp³-hybridized carbons (Fsp3) is 0.526. The zero-order valence-electron chi connectivity index (χ0n) is 13.9. The van der Waals surface area contributed by atoms with Gasteiger partial charge in [0, 0.05) is 5.92 Å². The minimum atomic E-state index is -0.191. The van der Waals surface area contributed by atoms with Gasteiger partial charge in [-0.15, -0.1) is 23.5 Å². The van der Waals surface area contributed by atoms with Crippen LogP contribution in [0.15, 0.2) is 24.3 Å². The maximum Gasteiger partial charge on any atom is 0.127 e. The zero-order chi connectivity index (χ0) is 16.7. The molecule has 1 heterocycles. The first-order valence-electron chi connectivity index (χ1n) is 8.09. The van der Waals surface area contributed by atoms with Gasteiger partial charge in [0.05, 0.1) is 4.08 Å². The van der Waals surface area contributed by atoms with Gasteiger partial charge in [-0.1, -0.05) is 26.0 Å². The van der Waals surface area contributed by atoms with Crippen LogP contribution >= 0.6 is 23.5 Å². The molecule has 3 rings (SSSR count). The van der Waals surface area contributed by atoms with Crippen molar-refractivity contribution >= 4 is 35.4 Å². The fourth-order valence-electron chi connectivity index (χ4n) is 3.66. The number of rotatable bonds is 2. The summed E-state index contributed by atoms with van der Waals surface area (Å²) in [6, 6.07) is 5.21. The SMILES string of the molecule is Cc1cc(C2=CC3(CC(C)(C)C2C=O)SCCCS3)ccc1F. The minimum absolute atomic E-state index is 0.0544. The summed E-state index contributed by atoms with van der Waals surface area (Å²) < 4.78 is 13.7. The molecule has 1 aromatic carbocycles. The maximum absolute atomic E-state index is 13.6. The summed E-state index contributed by atoms with van der Waals surface area (Å²) in [6.45, 7) is 6.16. The van der Waals surface area contributed by atoms with Crippen LogP contribution in [0.2, 0.25) is 0 Å². The molecule has 0 N–H and O–H groups in total. The Bertz CT molecular complexity index is 645. The summed E-state index contributed by atoms with van der Waals surface area (Å²) in [6.07, 6.45) is 5.63. The molecule has 1 fully saturated rings. The van der Waals surface area contributed by atoms with Crippen LogP contribution in [0.3, 0.4) is 0 Å². The number of allylic oxidation sites excluding steroid dienone is 1. The molecule has 124 valence electrons. The van der Waals surface area contributed by atoms with E-state index in [1.165, 1.54) is 24.0 Å². The molecule has 0 amide bonds. The summed E-state index contributed by atoms with van der Waals surface area (Å²) in [5, 5.41) is 0. The van der Waals surface area contributed by atoms with Gasteiger partial charge in [-0.05, 0) is 65.5 Å². The van der Waals surface area contributed by atoms with Crippen molar-refractivity contribution < 1.29 is 9.18 Å². The van der Waals surface area contributed by atoms with E-state index in [2.05, 4.69) is 19.9 Å². The van der Waals surface area contributed by atoms with Crippen LogP contribution < -0.4 is 0 Å². The van der Waals surface area contributed by atoms with E-state index in [1.807, 2.05) is 35.7 Å². The van der Waals surface area contributed by atoms with Crippen molar-refractivity contribution in [1.82, 2.24) is 0 Å². The highest BCUT2D eigenvalue weighted by molar-refractivity contribution is 8.19. The van der Waals surface area contributed by atoms with Crippen LogP contribution in [0.5, 0.6) is 0 Å². The Kier molecular flexibility index (Phi) is 4.67. The lowest BCUT2D eigenvalue weighted by Crippen LogP contribution is -2.40. The first-order chi connectivity index (χ1) is 10.9. The predicted molar refractivity (Wildman–Crippen MR) is 99.3 cm³/mol. The second-order valence-electron chi connectivity index (χ2n) is 7.21. The molecule has 1 saturated heterocycles. The van der Waals surface area contributed by atoms with E-state index in [0.717, 1.165) is 23.8 Å². The van der Waals surface area contributed by atoms with E-state index < -0.39 is 0 Å². The first kappa shape index (κ1) is 17.1. The number of hydrogen-bond donors (Lipinski definition) is 0. The van der Waals surface area contributed by atoms with Crippen molar-refractivity contribution in [2.75, 3.05) is 11.5 Å². The smallest absolute Gasteiger partial charge is 0.127 e. The first-order valence-corrected chi connectivity index (χ1v) is 10.1. The molecule has 1 aromatic rings. The van der Waals surface area contributed by atoms with Gasteiger partial charge in [0.25, 0.3) is 0 Å². The van der Waals surface area contributed by atoms with Crippen molar-refractivity contribution in [1.29, 1.82) is 0 Å². The standard InChI is InChI=1S/C19H23FOS2/c1-13-9-14(5-6-17(13)20)15-10-19(22-7-4-8-23-19)12-18(2,3)16(15)11-21/h5-6,9-11,16H,4,7-8,12H2,1-3H3. The zero-order valence-corrected chi connectivity index (χ0v) is 15.5. The largest absolute Gasteiger partial charge is 0.303 e. The third-order valence-electron chi connectivity index (χ3n) is 4.86. The highest BCUT2D eigenvalue weighted by atomic mass is 32.2. The molecule has 0 bridgehead atoms. The minimum Gasteiger partial charge on any atom is -0.303 e. The third-order valence-corrected chi connectivity index (χ3v) is 8.06. The van der Waals surface area contributed by atoms with Crippen molar-refractivity contribution in [2.45, 2.75) is 37.7 Å². The molecule has 1 aliphatic heterocycles. The van der Waals surface area contributed by atoms with Gasteiger partial charge < -0.3 is 4.79 Å². The quantitative estimate of drug-likeness (QED) is 0.671. The number of benzene rings is 1. The van der Waals surface area contributed by atoms with E-state index in [4.69, 9.17) is 0 Å². The highest BCUT2D eigenvalue weighted by Crippen LogP contribution is 2.58. The van der Waals surface area contributed by atoms with Crippen molar-refractivity contribution in [3.8, 4) is 0 Å². The number of carbonyl (C=O) groups is 1. The predicted octanol–water partition coefficient (Wildman–Crippen LogP) is 5.33. The van der Waals surface area contributed by atoms with Gasteiger partial charge in [-0.3, -0.25) is 0 Å². The molecule has 2 aliphatic rings. The van der Waals surface area contributed by atoms with E-state index >= 15 is 0 Å². The van der Waals surface area contributed by atoms with Crippen molar-refractivity contribution in [3.63, 3.8) is 0 Å². The second-order valence-corrected chi connectivity index (χ2v) is 10.3. The Morgan fingerprint density at radius 2 is 1.96 bits per heavy atom. The van der Waals surface area contributed by atoms with E-state index in [9.17, 15) is 9.18 Å². The Balaban J connectivity index is 2.11. The van der Waals surface area contributed by atoms with E-state index in [-0.39, 0.29) is 21.2 Å². The summed E-state index contributed by atoms with van der Waals surface area (Å²) in [7, 11) is 0. The lowest BCUT2D eigenvalue weighted by Gasteiger charge is -2.47. The second kappa shape index (κ2) is 6.29. The Hall–Kier alpha value is -0.740. The summed E-state index contributed by atoms with van der Waals surface area (Å²) >= 11 is 4.01. The van der Waals surface area contributed by atoms with Crippen molar-refractivity contribution in [3.05, 3.63) is 41.2 Å². The van der Waals surface area contributed by atoms with Crippen LogP contribution in [0, 0.1) is 24.1 Å². The van der Waals surface area contributed by atoms with Gasteiger partial charge >= 0.3 is 0 Å². The van der Waals surface area contributed by atoms with Crippen LogP contribution in [0.4, 0.5) is 4.39 Å². The molecule has 4 heteroatoms. The van der Waals surface area contributed by atoms with Gasteiger partial charge in [0.1, 0.15) is 12.1 Å². The fourth-order valence-corrected chi connectivity index (χ4v) is 7.32. The van der Waals surface area contributed by atoms with Crippen LogP contribution in [0.1, 0.15) is 37.8 Å². The molecule has 0 aromatic heterocycles. The molecule has 1 spiro atoms. The normalized spacial score (nSPS) is 25.9. The lowest BCUT2D eigenvalue weighted by atomic mass is 9.67. The third kappa shape index (κ3) is 3.25. The number of halogens is 1. The molecule has 1 nitrogen and oxygen atoms in total. The van der Waals surface area contributed by atoms with Gasteiger partial charge in [-0.2, -0.15) is 0 Å². The number of aryl methyl sites for hydroxylation is 1. The Labute approximate surface area is 146 Å². The summed E-state index contributed by atoms with van der Waals surface area (Å²) in [5.41, 5.74) is 2.60. The topological polar surface area (TPSA) is 17.1 Å². The molecular formula is C19H23FOS2. The van der Waals surface area contributed by atoms with Crippen LogP contribution in [-0.2, 0) is 4.79 Å². The monoisotopic (exact) mass is 350 g/mol. The number of carbonyl (C=O) groups excluding carboxylic acids is 1. The van der Waals surface area contributed by atoms with Gasteiger partial charge in [0.2, 0.25) is 0 Å². The van der Waals surface area contributed by atoms with Crippen LogP contribution in [-0.4, -0.2) is 21.9 Å². The molecule has 1 unspecified atom stereocenters. The average Bonchev–Trinajstić information content (AvgIpc) is 2.49. The Morgan fingerprint density at radius 1 is 1.26 bits per heavy atom. The van der Waals surface area contributed by atoms with Gasteiger partial charge in [0.15, 0.2) is 0 Å². The van der Waals surface area contributed by atoms with E-state index in [0.29, 0.717) is 5.56 Å². The number of aldehydes is 1. The Morgan fingerprint density at radius 3 is 2.57 bits per heavy atom. The summed E-state index contributed by atoms with van der Waals surface area (Å²) in [4.78, 5) is 11.9. The maximum atomic E-state index is 13.6. The number of thioether (sulfide) groups is 2. The summed E-state index contributed by atoms with van der Waals surface area (Å²) in [5.74, 6) is 2.01.